The minimum Gasteiger partial charge on any atom is -0.261 e. The summed E-state index contributed by atoms with van der Waals surface area (Å²) >= 11 is 1.60. The maximum absolute atomic E-state index is 13.2. The van der Waals surface area contributed by atoms with Gasteiger partial charge in [-0.1, -0.05) is 0 Å². The van der Waals surface area contributed by atoms with Crippen LogP contribution in [0.4, 0.5) is 10.1 Å². The zero-order valence-corrected chi connectivity index (χ0v) is 12.1. The molecule has 0 N–H and O–H groups in total. The summed E-state index contributed by atoms with van der Waals surface area (Å²) in [4.78, 5) is 12.6. The highest BCUT2D eigenvalue weighted by molar-refractivity contribution is 7.13. The van der Waals surface area contributed by atoms with E-state index in [4.69, 9.17) is 0 Å². The summed E-state index contributed by atoms with van der Waals surface area (Å²) in [5.74, 6) is -0.360. The third-order valence-electron chi connectivity index (χ3n) is 2.97. The van der Waals surface area contributed by atoms with Crippen molar-refractivity contribution >= 4 is 22.7 Å². The van der Waals surface area contributed by atoms with E-state index in [1.54, 1.807) is 23.7 Å². The first-order valence-electron chi connectivity index (χ1n) is 6.38. The molecule has 0 unspecified atom stereocenters. The van der Waals surface area contributed by atoms with Gasteiger partial charge in [0.2, 0.25) is 0 Å². The van der Waals surface area contributed by atoms with Crippen molar-refractivity contribution in [3.05, 3.63) is 65.7 Å². The number of nitrogens with zero attached hydrogens (tertiary/aromatic N) is 3. The molecule has 5 heteroatoms. The van der Waals surface area contributed by atoms with Crippen LogP contribution in [0.1, 0.15) is 12.5 Å². The molecular formula is C16H12FN3S. The van der Waals surface area contributed by atoms with E-state index < -0.39 is 0 Å². The molecule has 0 saturated carbocycles. The predicted octanol–water partition coefficient (Wildman–Crippen LogP) is 4.48. The Bertz CT molecular complexity index is 764. The van der Waals surface area contributed by atoms with Crippen molar-refractivity contribution < 1.29 is 4.39 Å². The van der Waals surface area contributed by atoms with Gasteiger partial charge in [0.05, 0.1) is 11.9 Å². The highest BCUT2D eigenvalue weighted by Crippen LogP contribution is 2.24. The standard InChI is InChI=1S/C16H12FN3S/c1-11(13-8-14(17)10-18-9-13)20-15-4-2-12(3-5-15)16-19-6-7-21-16/h2-10H,1H3/b20-11+. The second-order valence-corrected chi connectivity index (χ2v) is 5.37. The van der Waals surface area contributed by atoms with Gasteiger partial charge in [-0.15, -0.1) is 11.3 Å². The topological polar surface area (TPSA) is 38.1 Å². The first-order valence-corrected chi connectivity index (χ1v) is 7.26. The minimum atomic E-state index is -0.360. The molecule has 3 rings (SSSR count). The highest BCUT2D eigenvalue weighted by Gasteiger charge is 2.02. The summed E-state index contributed by atoms with van der Waals surface area (Å²) in [6, 6.07) is 9.24. The van der Waals surface area contributed by atoms with Crippen LogP contribution in [0.2, 0.25) is 0 Å². The smallest absolute Gasteiger partial charge is 0.142 e. The summed E-state index contributed by atoms with van der Waals surface area (Å²) < 4.78 is 13.2. The fourth-order valence-electron chi connectivity index (χ4n) is 1.91. The maximum Gasteiger partial charge on any atom is 0.142 e. The molecule has 3 nitrogen and oxygen atoms in total. The third kappa shape index (κ3) is 3.20. The van der Waals surface area contributed by atoms with Gasteiger partial charge in [-0.3, -0.25) is 9.98 Å². The molecule has 0 bridgehead atoms. The molecule has 0 spiro atoms. The Kier molecular flexibility index (Phi) is 3.83. The minimum absolute atomic E-state index is 0.360. The monoisotopic (exact) mass is 297 g/mol. The van der Waals surface area contributed by atoms with Crippen LogP contribution in [0.5, 0.6) is 0 Å². The molecule has 21 heavy (non-hydrogen) atoms. The summed E-state index contributed by atoms with van der Waals surface area (Å²) in [5, 5.41) is 2.93. The lowest BCUT2D eigenvalue weighted by molar-refractivity contribution is 0.621. The Morgan fingerprint density at radius 3 is 2.67 bits per heavy atom. The molecule has 3 aromatic rings. The Morgan fingerprint density at radius 1 is 1.19 bits per heavy atom. The van der Waals surface area contributed by atoms with E-state index in [1.807, 2.05) is 36.6 Å². The first kappa shape index (κ1) is 13.6. The maximum atomic E-state index is 13.2. The van der Waals surface area contributed by atoms with Gasteiger partial charge in [0.1, 0.15) is 10.8 Å². The van der Waals surface area contributed by atoms with E-state index >= 15 is 0 Å². The number of benzene rings is 1. The Balaban J connectivity index is 1.86. The number of aliphatic imine (C=N–C) groups is 1. The highest BCUT2D eigenvalue weighted by atomic mass is 32.1. The van der Waals surface area contributed by atoms with Crippen molar-refractivity contribution in [2.75, 3.05) is 0 Å². The molecule has 0 atom stereocenters. The van der Waals surface area contributed by atoms with E-state index in [-0.39, 0.29) is 5.82 Å². The lowest BCUT2D eigenvalue weighted by Gasteiger charge is -2.02. The van der Waals surface area contributed by atoms with Gasteiger partial charge in [0.25, 0.3) is 0 Å². The molecule has 104 valence electrons. The fraction of sp³-hybridized carbons (Fsp3) is 0.0625. The number of hydrogen-bond acceptors (Lipinski definition) is 4. The molecule has 0 fully saturated rings. The quantitative estimate of drug-likeness (QED) is 0.668. The molecule has 2 aromatic heterocycles. The van der Waals surface area contributed by atoms with Crippen molar-refractivity contribution in [3.63, 3.8) is 0 Å². The number of hydrogen-bond donors (Lipinski definition) is 0. The molecule has 0 radical (unpaired) electrons. The van der Waals surface area contributed by atoms with Crippen molar-refractivity contribution in [1.29, 1.82) is 0 Å². The number of rotatable bonds is 3. The molecular weight excluding hydrogens is 285 g/mol. The van der Waals surface area contributed by atoms with E-state index in [9.17, 15) is 4.39 Å². The van der Waals surface area contributed by atoms with Gasteiger partial charge in [0, 0.05) is 34.6 Å². The summed E-state index contributed by atoms with van der Waals surface area (Å²) in [5.41, 5.74) is 3.29. The van der Waals surface area contributed by atoms with Gasteiger partial charge in [-0.05, 0) is 37.3 Å². The number of aromatic nitrogens is 2. The molecule has 2 heterocycles. The van der Waals surface area contributed by atoms with E-state index in [1.165, 1.54) is 12.3 Å². The molecule has 0 saturated heterocycles. The van der Waals surface area contributed by atoms with Crippen LogP contribution >= 0.6 is 11.3 Å². The second kappa shape index (κ2) is 5.93. The third-order valence-corrected chi connectivity index (χ3v) is 3.79. The average molecular weight is 297 g/mol. The van der Waals surface area contributed by atoms with Crippen LogP contribution in [0.15, 0.2) is 59.3 Å². The normalized spacial score (nSPS) is 11.6. The summed E-state index contributed by atoms with van der Waals surface area (Å²) in [7, 11) is 0. The lowest BCUT2D eigenvalue weighted by Crippen LogP contribution is -1.96. The summed E-state index contributed by atoms with van der Waals surface area (Å²) in [6.45, 7) is 1.84. The largest absolute Gasteiger partial charge is 0.261 e. The predicted molar refractivity (Wildman–Crippen MR) is 83.6 cm³/mol. The van der Waals surface area contributed by atoms with E-state index in [0.717, 1.165) is 22.0 Å². The molecule has 0 amide bonds. The second-order valence-electron chi connectivity index (χ2n) is 4.47. The van der Waals surface area contributed by atoms with E-state index in [2.05, 4.69) is 15.0 Å². The lowest BCUT2D eigenvalue weighted by atomic mass is 10.2. The van der Waals surface area contributed by atoms with Crippen molar-refractivity contribution in [2.24, 2.45) is 4.99 Å². The number of thiazole rings is 1. The number of halogens is 1. The molecule has 1 aromatic carbocycles. The number of pyridine rings is 1. The Morgan fingerprint density at radius 2 is 2.00 bits per heavy atom. The van der Waals surface area contributed by atoms with Crippen LogP contribution in [-0.2, 0) is 0 Å². The van der Waals surface area contributed by atoms with Gasteiger partial charge in [0.15, 0.2) is 0 Å². The van der Waals surface area contributed by atoms with Gasteiger partial charge >= 0.3 is 0 Å². The average Bonchev–Trinajstić information content (AvgIpc) is 3.02. The van der Waals surface area contributed by atoms with Gasteiger partial charge in [-0.2, -0.15) is 0 Å². The van der Waals surface area contributed by atoms with E-state index in [0.29, 0.717) is 5.56 Å². The Labute approximate surface area is 125 Å². The molecule has 0 aliphatic rings. The zero-order chi connectivity index (χ0) is 14.7. The SMILES string of the molecule is C/C(=N\c1ccc(-c2nccs2)cc1)c1cncc(F)c1. The summed E-state index contributed by atoms with van der Waals surface area (Å²) in [6.07, 6.45) is 4.57. The van der Waals surface area contributed by atoms with Crippen LogP contribution in [0.25, 0.3) is 10.6 Å². The molecule has 0 aliphatic carbocycles. The van der Waals surface area contributed by atoms with Crippen molar-refractivity contribution in [1.82, 2.24) is 9.97 Å². The van der Waals surface area contributed by atoms with Gasteiger partial charge in [-0.25, -0.2) is 9.37 Å². The molecule has 0 aliphatic heterocycles. The van der Waals surface area contributed by atoms with Crippen LogP contribution in [0, 0.1) is 5.82 Å². The Hall–Kier alpha value is -2.40. The van der Waals surface area contributed by atoms with Crippen molar-refractivity contribution in [2.45, 2.75) is 6.92 Å². The van der Waals surface area contributed by atoms with Crippen molar-refractivity contribution in [3.8, 4) is 10.6 Å². The van der Waals surface area contributed by atoms with Crippen LogP contribution < -0.4 is 0 Å². The van der Waals surface area contributed by atoms with Gasteiger partial charge < -0.3 is 0 Å². The van der Waals surface area contributed by atoms with Crippen LogP contribution in [-0.4, -0.2) is 15.7 Å². The fourth-order valence-corrected chi connectivity index (χ4v) is 2.56. The van der Waals surface area contributed by atoms with Crippen LogP contribution in [0.3, 0.4) is 0 Å². The first-order chi connectivity index (χ1) is 10.2. The zero-order valence-electron chi connectivity index (χ0n) is 11.3.